The molecule has 1 aliphatic carbocycles. The second kappa shape index (κ2) is 7.13. The van der Waals surface area contributed by atoms with Crippen LogP contribution in [0.25, 0.3) is 0 Å². The number of aromatic nitrogens is 2. The summed E-state index contributed by atoms with van der Waals surface area (Å²) >= 11 is 0. The van der Waals surface area contributed by atoms with Crippen molar-refractivity contribution in [1.29, 1.82) is 0 Å². The van der Waals surface area contributed by atoms with Crippen molar-refractivity contribution in [3.8, 4) is 0 Å². The Morgan fingerprint density at radius 1 is 1.45 bits per heavy atom. The Hall–Kier alpha value is -1.01. The van der Waals surface area contributed by atoms with Gasteiger partial charge in [-0.1, -0.05) is 0 Å². The average molecular weight is 287 g/mol. The van der Waals surface area contributed by atoms with Gasteiger partial charge in [-0.2, -0.15) is 5.10 Å². The molecule has 1 saturated carbocycles. The number of rotatable bonds is 6. The Kier molecular flexibility index (Phi) is 5.48. The zero-order chi connectivity index (χ0) is 14.4. The second-order valence-corrected chi connectivity index (χ2v) is 5.47. The van der Waals surface area contributed by atoms with E-state index >= 15 is 0 Å². The fourth-order valence-corrected chi connectivity index (χ4v) is 2.53. The molecule has 0 aromatic carbocycles. The fraction of sp³-hybridized carbons (Fsp3) is 0.786. The van der Waals surface area contributed by atoms with E-state index < -0.39 is 5.92 Å². The van der Waals surface area contributed by atoms with Gasteiger partial charge in [0.1, 0.15) is 0 Å². The standard InChI is InChI=1S/C14H23F2N3O/c1-20-8-7-19-11-12(10-18-19)9-17-13-3-2-5-14(15,16)6-4-13/h10-11,13,17H,2-9H2,1H3. The highest BCUT2D eigenvalue weighted by Gasteiger charge is 2.32. The van der Waals surface area contributed by atoms with Gasteiger partial charge in [0.25, 0.3) is 0 Å². The van der Waals surface area contributed by atoms with Gasteiger partial charge < -0.3 is 10.1 Å². The maximum atomic E-state index is 13.3. The minimum Gasteiger partial charge on any atom is -0.383 e. The average Bonchev–Trinajstić information content (AvgIpc) is 2.79. The molecule has 0 aliphatic heterocycles. The first kappa shape index (κ1) is 15.4. The van der Waals surface area contributed by atoms with E-state index in [0.717, 1.165) is 18.5 Å². The lowest BCUT2D eigenvalue weighted by molar-refractivity contribution is -0.0143. The van der Waals surface area contributed by atoms with Gasteiger partial charge in [-0.05, 0) is 19.3 Å². The van der Waals surface area contributed by atoms with Crippen molar-refractivity contribution in [3.63, 3.8) is 0 Å². The van der Waals surface area contributed by atoms with Gasteiger partial charge in [-0.15, -0.1) is 0 Å². The monoisotopic (exact) mass is 287 g/mol. The molecule has 0 radical (unpaired) electrons. The van der Waals surface area contributed by atoms with Crippen LogP contribution < -0.4 is 5.32 Å². The van der Waals surface area contributed by atoms with E-state index in [1.165, 1.54) is 0 Å². The number of hydrogen-bond acceptors (Lipinski definition) is 3. The number of ether oxygens (including phenoxy) is 1. The van der Waals surface area contributed by atoms with Crippen LogP contribution in [0, 0.1) is 0 Å². The van der Waals surface area contributed by atoms with Crippen LogP contribution in [0.5, 0.6) is 0 Å². The van der Waals surface area contributed by atoms with Gasteiger partial charge in [-0.25, -0.2) is 8.78 Å². The molecule has 1 aromatic rings. The van der Waals surface area contributed by atoms with Crippen LogP contribution in [0.4, 0.5) is 8.78 Å². The molecule has 0 amide bonds. The van der Waals surface area contributed by atoms with Crippen LogP contribution >= 0.6 is 0 Å². The third-order valence-electron chi connectivity index (χ3n) is 3.76. The molecule has 1 unspecified atom stereocenters. The number of nitrogens with zero attached hydrogens (tertiary/aromatic N) is 2. The first-order chi connectivity index (χ1) is 9.59. The molecule has 1 aromatic heterocycles. The minimum atomic E-state index is -2.47. The van der Waals surface area contributed by atoms with Crippen LogP contribution in [-0.4, -0.2) is 35.5 Å². The molecule has 6 heteroatoms. The maximum absolute atomic E-state index is 13.3. The van der Waals surface area contributed by atoms with Gasteiger partial charge in [-0.3, -0.25) is 4.68 Å². The molecule has 20 heavy (non-hydrogen) atoms. The van der Waals surface area contributed by atoms with Crippen LogP contribution in [0.2, 0.25) is 0 Å². The molecular weight excluding hydrogens is 264 g/mol. The Morgan fingerprint density at radius 2 is 2.30 bits per heavy atom. The van der Waals surface area contributed by atoms with Gasteiger partial charge >= 0.3 is 0 Å². The van der Waals surface area contributed by atoms with Crippen molar-refractivity contribution >= 4 is 0 Å². The first-order valence-electron chi connectivity index (χ1n) is 7.20. The van der Waals surface area contributed by atoms with E-state index in [1.807, 2.05) is 17.1 Å². The van der Waals surface area contributed by atoms with Gasteiger partial charge in [0.05, 0.1) is 19.3 Å². The Morgan fingerprint density at radius 3 is 3.10 bits per heavy atom. The zero-order valence-electron chi connectivity index (χ0n) is 11.9. The van der Waals surface area contributed by atoms with Gasteiger partial charge in [0.15, 0.2) is 0 Å². The predicted octanol–water partition coefficient (Wildman–Crippen LogP) is 2.59. The molecular formula is C14H23F2N3O. The molecule has 2 rings (SSSR count). The molecule has 1 fully saturated rings. The Bertz CT molecular complexity index is 409. The summed E-state index contributed by atoms with van der Waals surface area (Å²) in [4.78, 5) is 0. The smallest absolute Gasteiger partial charge is 0.248 e. The van der Waals surface area contributed by atoms with Crippen molar-refractivity contribution in [2.45, 2.75) is 57.2 Å². The van der Waals surface area contributed by atoms with Crippen molar-refractivity contribution in [2.75, 3.05) is 13.7 Å². The Labute approximate surface area is 118 Å². The maximum Gasteiger partial charge on any atom is 0.248 e. The highest BCUT2D eigenvalue weighted by Crippen LogP contribution is 2.31. The first-order valence-corrected chi connectivity index (χ1v) is 7.20. The molecule has 0 spiro atoms. The van der Waals surface area contributed by atoms with E-state index in [1.54, 1.807) is 7.11 Å². The summed E-state index contributed by atoms with van der Waals surface area (Å²) in [5.74, 6) is -2.47. The summed E-state index contributed by atoms with van der Waals surface area (Å²) in [6, 6.07) is 0.186. The lowest BCUT2D eigenvalue weighted by Gasteiger charge is -2.16. The van der Waals surface area contributed by atoms with Crippen molar-refractivity contribution in [2.24, 2.45) is 0 Å². The lowest BCUT2D eigenvalue weighted by Crippen LogP contribution is -2.28. The van der Waals surface area contributed by atoms with Crippen LogP contribution in [0.15, 0.2) is 12.4 Å². The molecule has 4 nitrogen and oxygen atoms in total. The van der Waals surface area contributed by atoms with E-state index in [4.69, 9.17) is 4.74 Å². The fourth-order valence-electron chi connectivity index (χ4n) is 2.53. The van der Waals surface area contributed by atoms with Crippen LogP contribution in [0.1, 0.15) is 37.7 Å². The van der Waals surface area contributed by atoms with E-state index in [2.05, 4.69) is 10.4 Å². The van der Waals surface area contributed by atoms with E-state index in [-0.39, 0.29) is 18.9 Å². The van der Waals surface area contributed by atoms with E-state index in [0.29, 0.717) is 26.0 Å². The number of nitrogens with one attached hydrogen (secondary N) is 1. The minimum absolute atomic E-state index is 0.00221. The lowest BCUT2D eigenvalue weighted by atomic mass is 10.1. The molecule has 1 aliphatic rings. The molecule has 0 bridgehead atoms. The van der Waals surface area contributed by atoms with Crippen LogP contribution in [0.3, 0.4) is 0 Å². The third-order valence-corrected chi connectivity index (χ3v) is 3.76. The molecule has 0 saturated heterocycles. The summed E-state index contributed by atoms with van der Waals surface area (Å²) in [7, 11) is 1.66. The molecule has 114 valence electrons. The number of alkyl halides is 2. The molecule has 1 atom stereocenters. The van der Waals surface area contributed by atoms with Crippen LogP contribution in [-0.2, 0) is 17.8 Å². The van der Waals surface area contributed by atoms with Gasteiger partial charge in [0.2, 0.25) is 5.92 Å². The zero-order valence-corrected chi connectivity index (χ0v) is 11.9. The van der Waals surface area contributed by atoms with Crippen molar-refractivity contribution in [1.82, 2.24) is 15.1 Å². The SMILES string of the molecule is COCCn1cc(CNC2CCCC(F)(F)CC2)cn1. The van der Waals surface area contributed by atoms with Crippen molar-refractivity contribution < 1.29 is 13.5 Å². The predicted molar refractivity (Wildman–Crippen MR) is 72.8 cm³/mol. The van der Waals surface area contributed by atoms with E-state index in [9.17, 15) is 8.78 Å². The summed E-state index contributed by atoms with van der Waals surface area (Å²) < 4.78 is 33.4. The largest absolute Gasteiger partial charge is 0.383 e. The van der Waals surface area contributed by atoms with Gasteiger partial charge in [0, 0.05) is 44.3 Å². The number of hydrogen-bond donors (Lipinski definition) is 1. The highest BCUT2D eigenvalue weighted by atomic mass is 19.3. The van der Waals surface area contributed by atoms with Crippen molar-refractivity contribution in [3.05, 3.63) is 18.0 Å². The summed E-state index contributed by atoms with van der Waals surface area (Å²) in [6.45, 7) is 2.04. The number of methoxy groups -OCH3 is 1. The molecule has 1 heterocycles. The highest BCUT2D eigenvalue weighted by molar-refractivity contribution is 5.03. The summed E-state index contributed by atoms with van der Waals surface area (Å²) in [6.07, 6.45) is 5.78. The normalized spacial score (nSPS) is 22.6. The number of halogens is 2. The third kappa shape index (κ3) is 4.83. The molecule has 1 N–H and O–H groups in total. The summed E-state index contributed by atoms with van der Waals surface area (Å²) in [5.41, 5.74) is 1.08. The quantitative estimate of drug-likeness (QED) is 0.817. The second-order valence-electron chi connectivity index (χ2n) is 5.47. The summed E-state index contributed by atoms with van der Waals surface area (Å²) in [5, 5.41) is 7.60. The Balaban J connectivity index is 1.75. The topological polar surface area (TPSA) is 39.1 Å².